The third kappa shape index (κ3) is 3.54. The SMILES string of the molecule is CC.c1ccc(-n2c3ccccc3c3c4oc5c(ccc6c5c5ccccc5n6-c5ccc6oc7ccccc7c6c5)c4ccc32)cc1. The number of furan rings is 2. The molecule has 0 aliphatic rings. The van der Waals surface area contributed by atoms with E-state index in [1.165, 1.54) is 16.3 Å². The van der Waals surface area contributed by atoms with Gasteiger partial charge in [-0.1, -0.05) is 86.6 Å². The number of para-hydroxylation sites is 4. The van der Waals surface area contributed by atoms with E-state index in [0.717, 1.165) is 82.6 Å². The fourth-order valence-electron chi connectivity index (χ4n) is 7.78. The number of fused-ring (bicyclic) bond motifs is 14. The molecule has 228 valence electrons. The van der Waals surface area contributed by atoms with Crippen LogP contribution in [0.25, 0.3) is 98.9 Å². The molecule has 0 aliphatic heterocycles. The van der Waals surface area contributed by atoms with Gasteiger partial charge in [0.15, 0.2) is 0 Å². The smallest absolute Gasteiger partial charge is 0.145 e. The van der Waals surface area contributed by atoms with Crippen molar-refractivity contribution in [1.29, 1.82) is 0 Å². The van der Waals surface area contributed by atoms with Crippen molar-refractivity contribution in [2.75, 3.05) is 0 Å². The molecule has 4 heterocycles. The largest absolute Gasteiger partial charge is 0.456 e. The summed E-state index contributed by atoms with van der Waals surface area (Å²) in [5, 5.41) is 9.11. The second-order valence-electron chi connectivity index (χ2n) is 12.1. The molecule has 0 N–H and O–H groups in total. The fourth-order valence-corrected chi connectivity index (χ4v) is 7.78. The molecule has 4 heteroatoms. The fraction of sp³-hybridized carbons (Fsp3) is 0.0455. The molecule has 0 saturated heterocycles. The monoisotopic (exact) mass is 618 g/mol. The van der Waals surface area contributed by atoms with Gasteiger partial charge in [-0.05, 0) is 72.8 Å². The van der Waals surface area contributed by atoms with Crippen molar-refractivity contribution in [2.45, 2.75) is 13.8 Å². The van der Waals surface area contributed by atoms with Crippen molar-refractivity contribution < 1.29 is 8.83 Å². The van der Waals surface area contributed by atoms with Gasteiger partial charge in [-0.2, -0.15) is 0 Å². The highest BCUT2D eigenvalue weighted by Crippen LogP contribution is 2.45. The van der Waals surface area contributed by atoms with Crippen molar-refractivity contribution in [2.24, 2.45) is 0 Å². The summed E-state index contributed by atoms with van der Waals surface area (Å²) in [5.74, 6) is 0. The number of rotatable bonds is 2. The average molecular weight is 619 g/mol. The molecular weight excluding hydrogens is 588 g/mol. The van der Waals surface area contributed by atoms with Crippen LogP contribution in [-0.4, -0.2) is 9.13 Å². The summed E-state index contributed by atoms with van der Waals surface area (Å²) < 4.78 is 17.9. The maximum absolute atomic E-state index is 7.07. The molecule has 0 bridgehead atoms. The van der Waals surface area contributed by atoms with Gasteiger partial charge in [-0.25, -0.2) is 0 Å². The van der Waals surface area contributed by atoms with E-state index in [4.69, 9.17) is 8.83 Å². The third-order valence-electron chi connectivity index (χ3n) is 9.71. The van der Waals surface area contributed by atoms with Gasteiger partial charge < -0.3 is 18.0 Å². The first kappa shape index (κ1) is 26.9. The Hall–Kier alpha value is -6.26. The number of hydrogen-bond donors (Lipinski definition) is 0. The van der Waals surface area contributed by atoms with Crippen LogP contribution in [0.4, 0.5) is 0 Å². The van der Waals surface area contributed by atoms with Crippen LogP contribution in [0.1, 0.15) is 13.8 Å². The maximum atomic E-state index is 7.07. The Balaban J connectivity index is 0.00000145. The minimum Gasteiger partial charge on any atom is -0.456 e. The van der Waals surface area contributed by atoms with Gasteiger partial charge >= 0.3 is 0 Å². The first-order valence-electron chi connectivity index (χ1n) is 16.6. The predicted molar refractivity (Wildman–Crippen MR) is 201 cm³/mol. The summed E-state index contributed by atoms with van der Waals surface area (Å²) >= 11 is 0. The van der Waals surface area contributed by atoms with Crippen LogP contribution < -0.4 is 0 Å². The molecule has 0 saturated carbocycles. The zero-order valence-electron chi connectivity index (χ0n) is 26.6. The van der Waals surface area contributed by atoms with Crippen LogP contribution in [0, 0.1) is 0 Å². The van der Waals surface area contributed by atoms with Crippen molar-refractivity contribution in [1.82, 2.24) is 9.13 Å². The summed E-state index contributed by atoms with van der Waals surface area (Å²) in [5.41, 5.74) is 10.4. The molecule has 0 fully saturated rings. The Labute approximate surface area is 275 Å². The standard InChI is InChI=1S/C42H24N2O2.C2H6/c1-2-10-25(11-3-1)43-33-15-7-4-13-30(33)39-35(43)21-19-28-29-20-22-36-40(42(29)46-41(28)39)31-14-5-8-16-34(31)44(36)26-18-23-38-32(24-26)27-12-6-9-17-37(27)45-38;1-2/h1-24H;1-2H3. The molecule has 0 amide bonds. The average Bonchev–Trinajstić information content (AvgIpc) is 3.89. The van der Waals surface area contributed by atoms with Crippen LogP contribution in [0.3, 0.4) is 0 Å². The lowest BCUT2D eigenvalue weighted by molar-refractivity contribution is 0.669. The van der Waals surface area contributed by atoms with E-state index in [0.29, 0.717) is 0 Å². The first-order chi connectivity index (χ1) is 23.8. The van der Waals surface area contributed by atoms with Gasteiger partial charge in [0.25, 0.3) is 0 Å². The van der Waals surface area contributed by atoms with E-state index in [9.17, 15) is 0 Å². The van der Waals surface area contributed by atoms with E-state index >= 15 is 0 Å². The third-order valence-corrected chi connectivity index (χ3v) is 9.71. The van der Waals surface area contributed by atoms with Crippen LogP contribution in [0.5, 0.6) is 0 Å². The number of nitrogens with zero attached hydrogens (tertiary/aromatic N) is 2. The Morgan fingerprint density at radius 3 is 1.52 bits per heavy atom. The molecule has 11 aromatic rings. The van der Waals surface area contributed by atoms with E-state index in [2.05, 4.69) is 143 Å². The van der Waals surface area contributed by atoms with E-state index in [1.54, 1.807) is 0 Å². The first-order valence-corrected chi connectivity index (χ1v) is 16.6. The van der Waals surface area contributed by atoms with Crippen molar-refractivity contribution in [3.8, 4) is 11.4 Å². The molecule has 4 nitrogen and oxygen atoms in total. The van der Waals surface area contributed by atoms with Gasteiger partial charge in [0.1, 0.15) is 22.3 Å². The summed E-state index contributed by atoms with van der Waals surface area (Å²) in [6.45, 7) is 4.00. The Bertz CT molecular complexity index is 3020. The summed E-state index contributed by atoms with van der Waals surface area (Å²) in [6, 6.07) is 51.5. The number of aromatic nitrogens is 2. The molecule has 0 radical (unpaired) electrons. The van der Waals surface area contributed by atoms with Crippen LogP contribution in [0.2, 0.25) is 0 Å². The number of hydrogen-bond acceptors (Lipinski definition) is 2. The highest BCUT2D eigenvalue weighted by atomic mass is 16.3. The number of benzene rings is 7. The van der Waals surface area contributed by atoms with E-state index in [-0.39, 0.29) is 0 Å². The van der Waals surface area contributed by atoms with Crippen molar-refractivity contribution >= 4 is 87.5 Å². The molecule has 0 unspecified atom stereocenters. The van der Waals surface area contributed by atoms with Crippen molar-refractivity contribution in [3.05, 3.63) is 146 Å². The Morgan fingerprint density at radius 1 is 0.354 bits per heavy atom. The lowest BCUT2D eigenvalue weighted by Gasteiger charge is -2.08. The van der Waals surface area contributed by atoms with Gasteiger partial charge in [0.05, 0.1) is 32.8 Å². The molecule has 0 spiro atoms. The molecule has 0 atom stereocenters. The summed E-state index contributed by atoms with van der Waals surface area (Å²) in [7, 11) is 0. The minimum atomic E-state index is 0.893. The molecule has 4 aromatic heterocycles. The van der Waals surface area contributed by atoms with E-state index in [1.807, 2.05) is 26.0 Å². The highest BCUT2D eigenvalue weighted by molar-refractivity contribution is 6.29. The molecule has 0 aliphatic carbocycles. The van der Waals surface area contributed by atoms with E-state index < -0.39 is 0 Å². The lowest BCUT2D eigenvalue weighted by atomic mass is 10.1. The second kappa shape index (κ2) is 10.1. The van der Waals surface area contributed by atoms with Crippen LogP contribution in [-0.2, 0) is 0 Å². The molecule has 48 heavy (non-hydrogen) atoms. The van der Waals surface area contributed by atoms with Crippen LogP contribution >= 0.6 is 0 Å². The Kier molecular flexibility index (Phi) is 5.67. The summed E-state index contributed by atoms with van der Waals surface area (Å²) in [4.78, 5) is 0. The maximum Gasteiger partial charge on any atom is 0.145 e. The normalized spacial score (nSPS) is 12.0. The van der Waals surface area contributed by atoms with Gasteiger partial charge in [0, 0.05) is 43.7 Å². The van der Waals surface area contributed by atoms with Crippen LogP contribution in [0.15, 0.2) is 154 Å². The molecular formula is C44H30N2O2. The zero-order valence-corrected chi connectivity index (χ0v) is 26.6. The molecule has 11 rings (SSSR count). The second-order valence-corrected chi connectivity index (χ2v) is 12.1. The van der Waals surface area contributed by atoms with Gasteiger partial charge in [-0.3, -0.25) is 0 Å². The molecule has 7 aromatic carbocycles. The zero-order chi connectivity index (χ0) is 31.9. The highest BCUT2D eigenvalue weighted by Gasteiger charge is 2.22. The Morgan fingerprint density at radius 2 is 0.875 bits per heavy atom. The topological polar surface area (TPSA) is 36.1 Å². The minimum absolute atomic E-state index is 0.893. The van der Waals surface area contributed by atoms with Gasteiger partial charge in [0.2, 0.25) is 0 Å². The summed E-state index contributed by atoms with van der Waals surface area (Å²) in [6.07, 6.45) is 0. The van der Waals surface area contributed by atoms with Gasteiger partial charge in [-0.15, -0.1) is 0 Å². The quantitative estimate of drug-likeness (QED) is 0.193. The lowest BCUT2D eigenvalue weighted by Crippen LogP contribution is -1.93. The van der Waals surface area contributed by atoms with Crippen molar-refractivity contribution in [3.63, 3.8) is 0 Å². The predicted octanol–water partition coefficient (Wildman–Crippen LogP) is 12.7.